The molecule has 2 aromatic carbocycles. The lowest BCUT2D eigenvalue weighted by Gasteiger charge is -2.14. The molecule has 33 heavy (non-hydrogen) atoms. The first kappa shape index (κ1) is 20.9. The molecule has 7 nitrogen and oxygen atoms in total. The number of nitriles is 1. The molecule has 5 aromatic rings. The van der Waals surface area contributed by atoms with E-state index in [1.165, 1.54) is 24.4 Å². The van der Waals surface area contributed by atoms with E-state index in [-0.39, 0.29) is 5.02 Å². The lowest BCUT2D eigenvalue weighted by Crippen LogP contribution is -2.02. The van der Waals surface area contributed by atoms with Gasteiger partial charge < -0.3 is 10.6 Å². The third kappa shape index (κ3) is 4.00. The molecule has 0 amide bonds. The van der Waals surface area contributed by atoms with Gasteiger partial charge in [0.05, 0.1) is 38.9 Å². The van der Waals surface area contributed by atoms with Gasteiger partial charge in [0.1, 0.15) is 17.6 Å². The molecule has 0 bridgehead atoms. The summed E-state index contributed by atoms with van der Waals surface area (Å²) in [6, 6.07) is 15.7. The summed E-state index contributed by atoms with van der Waals surface area (Å²) in [6.07, 6.45) is 3.27. The van der Waals surface area contributed by atoms with Crippen LogP contribution in [0.1, 0.15) is 11.3 Å². The molecular formula is C23H14Cl2FN7. The van der Waals surface area contributed by atoms with Crippen molar-refractivity contribution in [2.24, 2.45) is 0 Å². The number of hydrogen-bond donors (Lipinski definition) is 2. The SMILES string of the molecule is N#Cc1cnc2c(Cl)cc(NCc3nnn4ccccc34)cc2c1Nc1ccc(F)c(Cl)c1. The molecular weight excluding hydrogens is 464 g/mol. The molecule has 0 aliphatic carbocycles. The molecule has 3 aromatic heterocycles. The maximum absolute atomic E-state index is 13.6. The molecule has 162 valence electrons. The van der Waals surface area contributed by atoms with Crippen LogP contribution in [0.15, 0.2) is 60.9 Å². The zero-order valence-electron chi connectivity index (χ0n) is 16.9. The summed E-state index contributed by atoms with van der Waals surface area (Å²) >= 11 is 12.4. The number of fused-ring (bicyclic) bond motifs is 2. The number of anilines is 3. The van der Waals surface area contributed by atoms with Crippen LogP contribution < -0.4 is 10.6 Å². The molecule has 3 heterocycles. The van der Waals surface area contributed by atoms with Crippen molar-refractivity contribution in [1.82, 2.24) is 19.8 Å². The number of rotatable bonds is 5. The minimum atomic E-state index is -0.530. The van der Waals surface area contributed by atoms with Gasteiger partial charge in [-0.3, -0.25) is 4.98 Å². The van der Waals surface area contributed by atoms with Gasteiger partial charge in [-0.1, -0.05) is 34.5 Å². The van der Waals surface area contributed by atoms with Crippen LogP contribution in [0.2, 0.25) is 10.0 Å². The lowest BCUT2D eigenvalue weighted by atomic mass is 10.1. The molecule has 0 atom stereocenters. The van der Waals surface area contributed by atoms with Crippen molar-refractivity contribution < 1.29 is 4.39 Å². The Kier molecular flexibility index (Phi) is 5.42. The Hall–Kier alpha value is -3.93. The highest BCUT2D eigenvalue weighted by Gasteiger charge is 2.14. The third-order valence-electron chi connectivity index (χ3n) is 5.09. The highest BCUT2D eigenvalue weighted by atomic mass is 35.5. The zero-order chi connectivity index (χ0) is 22.9. The molecule has 0 unspecified atom stereocenters. The number of benzene rings is 2. The van der Waals surface area contributed by atoms with E-state index >= 15 is 0 Å². The quantitative estimate of drug-likeness (QED) is 0.325. The first-order valence-corrected chi connectivity index (χ1v) is 10.6. The Bertz CT molecular complexity index is 1560. The van der Waals surface area contributed by atoms with E-state index in [2.05, 4.69) is 32.0 Å². The van der Waals surface area contributed by atoms with Crippen LogP contribution in [0.25, 0.3) is 16.4 Å². The normalized spacial score (nSPS) is 11.0. The fourth-order valence-electron chi connectivity index (χ4n) is 3.51. The Balaban J connectivity index is 1.54. The van der Waals surface area contributed by atoms with Gasteiger partial charge in [-0.2, -0.15) is 5.26 Å². The molecule has 5 rings (SSSR count). The standard InChI is InChI=1S/C23H14Cl2FN7/c24-17-8-14(4-5-19(17)26)30-22-13(10-27)11-29-23-16(22)7-15(9-18(23)25)28-12-20-21-3-1-2-6-33(21)32-31-20/h1-9,11,28H,12H2,(H,29,30). The van der Waals surface area contributed by atoms with Crippen molar-refractivity contribution in [3.05, 3.63) is 88.0 Å². The molecule has 0 saturated heterocycles. The maximum atomic E-state index is 13.6. The number of nitrogens with one attached hydrogen (secondary N) is 2. The summed E-state index contributed by atoms with van der Waals surface area (Å²) in [6.45, 7) is 0.414. The second-order valence-corrected chi connectivity index (χ2v) is 8.00. The minimum absolute atomic E-state index is 0.0295. The fourth-order valence-corrected chi connectivity index (χ4v) is 3.95. The van der Waals surface area contributed by atoms with Gasteiger partial charge in [0.2, 0.25) is 0 Å². The molecule has 2 N–H and O–H groups in total. The minimum Gasteiger partial charge on any atom is -0.379 e. The molecule has 0 aliphatic heterocycles. The molecule has 0 saturated carbocycles. The first-order chi connectivity index (χ1) is 16.0. The summed E-state index contributed by atoms with van der Waals surface area (Å²) in [5.74, 6) is -0.530. The summed E-state index contributed by atoms with van der Waals surface area (Å²) in [5.41, 5.74) is 4.21. The van der Waals surface area contributed by atoms with Crippen molar-refractivity contribution >= 4 is 56.7 Å². The second-order valence-electron chi connectivity index (χ2n) is 7.19. The average Bonchev–Trinajstić information content (AvgIpc) is 3.23. The predicted octanol–water partition coefficient (Wildman–Crippen LogP) is 5.95. The van der Waals surface area contributed by atoms with Crippen LogP contribution in [-0.4, -0.2) is 19.8 Å². The topological polar surface area (TPSA) is 90.9 Å². The van der Waals surface area contributed by atoms with Crippen molar-refractivity contribution in [3.8, 4) is 6.07 Å². The second kappa shape index (κ2) is 8.54. The van der Waals surface area contributed by atoms with E-state index < -0.39 is 5.82 Å². The van der Waals surface area contributed by atoms with Crippen LogP contribution in [0, 0.1) is 17.1 Å². The van der Waals surface area contributed by atoms with Gasteiger partial charge >= 0.3 is 0 Å². The zero-order valence-corrected chi connectivity index (χ0v) is 18.4. The summed E-state index contributed by atoms with van der Waals surface area (Å²) in [4.78, 5) is 4.34. The highest BCUT2D eigenvalue weighted by Crippen LogP contribution is 2.35. The smallest absolute Gasteiger partial charge is 0.141 e. The van der Waals surface area contributed by atoms with Gasteiger partial charge in [-0.25, -0.2) is 8.91 Å². The van der Waals surface area contributed by atoms with E-state index in [1.807, 2.05) is 30.5 Å². The van der Waals surface area contributed by atoms with Crippen molar-refractivity contribution in [2.75, 3.05) is 10.6 Å². The van der Waals surface area contributed by atoms with Crippen molar-refractivity contribution in [1.29, 1.82) is 5.26 Å². The Morgan fingerprint density at radius 1 is 1.06 bits per heavy atom. The largest absolute Gasteiger partial charge is 0.379 e. The molecule has 10 heteroatoms. The first-order valence-electron chi connectivity index (χ1n) is 9.80. The maximum Gasteiger partial charge on any atom is 0.141 e. The molecule has 0 radical (unpaired) electrons. The predicted molar refractivity (Wildman–Crippen MR) is 126 cm³/mol. The molecule has 0 spiro atoms. The van der Waals surface area contributed by atoms with Crippen LogP contribution >= 0.6 is 23.2 Å². The van der Waals surface area contributed by atoms with E-state index in [0.29, 0.717) is 45.1 Å². The summed E-state index contributed by atoms with van der Waals surface area (Å²) in [5, 5.41) is 25.4. The number of aromatic nitrogens is 4. The van der Waals surface area contributed by atoms with Gasteiger partial charge in [-0.15, -0.1) is 5.10 Å². The summed E-state index contributed by atoms with van der Waals surface area (Å²) in [7, 11) is 0. The fraction of sp³-hybridized carbons (Fsp3) is 0.0435. The number of halogens is 3. The Labute approximate surface area is 197 Å². The number of nitrogens with zero attached hydrogens (tertiary/aromatic N) is 5. The van der Waals surface area contributed by atoms with Gasteiger partial charge in [0.15, 0.2) is 0 Å². The van der Waals surface area contributed by atoms with Crippen LogP contribution in [0.3, 0.4) is 0 Å². The van der Waals surface area contributed by atoms with Crippen molar-refractivity contribution in [3.63, 3.8) is 0 Å². The monoisotopic (exact) mass is 477 g/mol. The van der Waals surface area contributed by atoms with Gasteiger partial charge in [0, 0.05) is 29.2 Å². The number of pyridine rings is 2. The van der Waals surface area contributed by atoms with Crippen molar-refractivity contribution in [2.45, 2.75) is 6.54 Å². The van der Waals surface area contributed by atoms with Crippen LogP contribution in [-0.2, 0) is 6.54 Å². The van der Waals surface area contributed by atoms with E-state index in [4.69, 9.17) is 23.2 Å². The van der Waals surface area contributed by atoms with E-state index in [1.54, 1.807) is 10.6 Å². The van der Waals surface area contributed by atoms with Crippen LogP contribution in [0.5, 0.6) is 0 Å². The van der Waals surface area contributed by atoms with Crippen LogP contribution in [0.4, 0.5) is 21.5 Å². The van der Waals surface area contributed by atoms with E-state index in [0.717, 1.165) is 11.2 Å². The molecule has 0 aliphatic rings. The highest BCUT2D eigenvalue weighted by molar-refractivity contribution is 6.36. The molecule has 0 fully saturated rings. The Morgan fingerprint density at radius 2 is 1.91 bits per heavy atom. The van der Waals surface area contributed by atoms with E-state index in [9.17, 15) is 9.65 Å². The lowest BCUT2D eigenvalue weighted by molar-refractivity contribution is 0.628. The summed E-state index contributed by atoms with van der Waals surface area (Å²) < 4.78 is 15.3. The Morgan fingerprint density at radius 3 is 2.73 bits per heavy atom. The van der Waals surface area contributed by atoms with Gasteiger partial charge in [-0.05, 0) is 42.5 Å². The third-order valence-corrected chi connectivity index (χ3v) is 5.67. The average molecular weight is 478 g/mol. The van der Waals surface area contributed by atoms with Gasteiger partial charge in [0.25, 0.3) is 0 Å². The number of hydrogen-bond acceptors (Lipinski definition) is 6.